The molecule has 5 heteroatoms. The summed E-state index contributed by atoms with van der Waals surface area (Å²) in [4.78, 5) is 3.89. The van der Waals surface area contributed by atoms with Crippen molar-refractivity contribution in [1.82, 2.24) is 4.98 Å². The minimum atomic E-state index is -0.439. The highest BCUT2D eigenvalue weighted by atomic mass is 35.5. The molecule has 2 nitrogen and oxygen atoms in total. The van der Waals surface area contributed by atoms with Crippen molar-refractivity contribution in [3.63, 3.8) is 0 Å². The Morgan fingerprint density at radius 3 is 2.78 bits per heavy atom. The van der Waals surface area contributed by atoms with Gasteiger partial charge in [-0.3, -0.25) is 0 Å². The van der Waals surface area contributed by atoms with Crippen LogP contribution < -0.4 is 4.74 Å². The van der Waals surface area contributed by atoms with Crippen LogP contribution in [0.4, 0.5) is 4.39 Å². The zero-order valence-electron chi connectivity index (χ0n) is 9.58. The summed E-state index contributed by atoms with van der Waals surface area (Å²) in [7, 11) is 0. The maximum atomic E-state index is 13.0. The number of halogens is 3. The monoisotopic (exact) mass is 285 g/mol. The summed E-state index contributed by atoms with van der Waals surface area (Å²) in [6, 6.07) is 6.54. The van der Waals surface area contributed by atoms with Crippen molar-refractivity contribution in [3.05, 3.63) is 52.4 Å². The molecule has 0 N–H and O–H groups in total. The van der Waals surface area contributed by atoms with E-state index < -0.39 is 5.82 Å². The number of alkyl halides is 1. The van der Waals surface area contributed by atoms with E-state index in [1.807, 2.05) is 6.92 Å². The van der Waals surface area contributed by atoms with Gasteiger partial charge in [0.2, 0.25) is 5.88 Å². The molecule has 2 rings (SSSR count). The van der Waals surface area contributed by atoms with Crippen molar-refractivity contribution in [2.75, 3.05) is 0 Å². The molecule has 1 aromatic heterocycles. The SMILES string of the molecule is Cc1cc(Cl)ccc1Oc1ncc(F)cc1CCl. The smallest absolute Gasteiger partial charge is 0.223 e. The Kier molecular flexibility index (Phi) is 4.04. The maximum absolute atomic E-state index is 13.0. The number of hydrogen-bond acceptors (Lipinski definition) is 2. The molecular formula is C13H10Cl2FNO. The molecule has 0 spiro atoms. The van der Waals surface area contributed by atoms with E-state index in [9.17, 15) is 4.39 Å². The Morgan fingerprint density at radius 1 is 1.33 bits per heavy atom. The van der Waals surface area contributed by atoms with Gasteiger partial charge in [-0.1, -0.05) is 11.6 Å². The van der Waals surface area contributed by atoms with E-state index in [2.05, 4.69) is 4.98 Å². The van der Waals surface area contributed by atoms with Crippen LogP contribution in [0.1, 0.15) is 11.1 Å². The van der Waals surface area contributed by atoms with Gasteiger partial charge in [0, 0.05) is 10.6 Å². The molecule has 94 valence electrons. The molecule has 1 aromatic carbocycles. The van der Waals surface area contributed by atoms with Gasteiger partial charge >= 0.3 is 0 Å². The molecule has 0 aliphatic carbocycles. The van der Waals surface area contributed by atoms with Gasteiger partial charge in [-0.2, -0.15) is 0 Å². The average Bonchev–Trinajstić information content (AvgIpc) is 2.34. The van der Waals surface area contributed by atoms with Crippen LogP contribution in [0, 0.1) is 12.7 Å². The Bertz CT molecular complexity index is 575. The first kappa shape index (κ1) is 13.1. The quantitative estimate of drug-likeness (QED) is 0.762. The predicted molar refractivity (Wildman–Crippen MR) is 70.0 cm³/mol. The van der Waals surface area contributed by atoms with E-state index in [0.717, 1.165) is 11.8 Å². The van der Waals surface area contributed by atoms with Gasteiger partial charge < -0.3 is 4.74 Å². The van der Waals surface area contributed by atoms with E-state index >= 15 is 0 Å². The molecule has 0 radical (unpaired) electrons. The van der Waals surface area contributed by atoms with E-state index in [1.165, 1.54) is 6.07 Å². The van der Waals surface area contributed by atoms with Crippen LogP contribution in [0.25, 0.3) is 0 Å². The van der Waals surface area contributed by atoms with Crippen molar-refractivity contribution in [2.24, 2.45) is 0 Å². The lowest BCUT2D eigenvalue weighted by Crippen LogP contribution is -1.95. The molecule has 0 unspecified atom stereocenters. The molecule has 0 bridgehead atoms. The van der Waals surface area contributed by atoms with Gasteiger partial charge in [0.25, 0.3) is 0 Å². The Hall–Kier alpha value is -1.32. The van der Waals surface area contributed by atoms with E-state index in [1.54, 1.807) is 18.2 Å². The number of rotatable bonds is 3. The van der Waals surface area contributed by atoms with Crippen LogP contribution in [-0.2, 0) is 5.88 Å². The van der Waals surface area contributed by atoms with Crippen LogP contribution >= 0.6 is 23.2 Å². The van der Waals surface area contributed by atoms with Crippen molar-refractivity contribution in [1.29, 1.82) is 0 Å². The van der Waals surface area contributed by atoms with Crippen LogP contribution in [0.2, 0.25) is 5.02 Å². The summed E-state index contributed by atoms with van der Waals surface area (Å²) < 4.78 is 18.6. The minimum absolute atomic E-state index is 0.132. The summed E-state index contributed by atoms with van der Waals surface area (Å²) in [5, 5.41) is 0.629. The van der Waals surface area contributed by atoms with E-state index in [4.69, 9.17) is 27.9 Å². The van der Waals surface area contributed by atoms with Gasteiger partial charge in [-0.25, -0.2) is 9.37 Å². The average molecular weight is 286 g/mol. The van der Waals surface area contributed by atoms with Crippen molar-refractivity contribution in [2.45, 2.75) is 12.8 Å². The lowest BCUT2D eigenvalue weighted by atomic mass is 10.2. The highest BCUT2D eigenvalue weighted by Gasteiger charge is 2.09. The summed E-state index contributed by atoms with van der Waals surface area (Å²) in [6.07, 6.45) is 1.09. The first-order chi connectivity index (χ1) is 8.60. The molecule has 0 amide bonds. The van der Waals surface area contributed by atoms with Gasteiger partial charge in [0.05, 0.1) is 12.1 Å². The van der Waals surface area contributed by atoms with Gasteiger partial charge in [-0.05, 0) is 36.8 Å². The van der Waals surface area contributed by atoms with Crippen LogP contribution in [-0.4, -0.2) is 4.98 Å². The van der Waals surface area contributed by atoms with Crippen molar-refractivity contribution < 1.29 is 9.13 Å². The Morgan fingerprint density at radius 2 is 2.11 bits per heavy atom. The molecule has 0 saturated carbocycles. The molecule has 0 aliphatic rings. The summed E-state index contributed by atoms with van der Waals surface area (Å²) in [6.45, 7) is 1.87. The highest BCUT2D eigenvalue weighted by Crippen LogP contribution is 2.29. The molecule has 2 aromatic rings. The third kappa shape index (κ3) is 2.92. The second-order valence-corrected chi connectivity index (χ2v) is 4.47. The standard InChI is InChI=1S/C13H10Cl2FNO/c1-8-4-10(15)2-3-12(8)18-13-9(6-14)5-11(16)7-17-13/h2-5,7H,6H2,1H3. The van der Waals surface area contributed by atoms with Crippen LogP contribution in [0.3, 0.4) is 0 Å². The fourth-order valence-electron chi connectivity index (χ4n) is 1.49. The van der Waals surface area contributed by atoms with E-state index in [0.29, 0.717) is 22.2 Å². The van der Waals surface area contributed by atoms with Crippen LogP contribution in [0.5, 0.6) is 11.6 Å². The lowest BCUT2D eigenvalue weighted by molar-refractivity contribution is 0.451. The largest absolute Gasteiger partial charge is 0.438 e. The predicted octanol–water partition coefficient (Wildman–Crippen LogP) is 4.71. The summed E-state index contributed by atoms with van der Waals surface area (Å²) >= 11 is 11.6. The maximum Gasteiger partial charge on any atom is 0.223 e. The number of aryl methyl sites for hydroxylation is 1. The number of pyridine rings is 1. The number of nitrogens with zero attached hydrogens (tertiary/aromatic N) is 1. The highest BCUT2D eigenvalue weighted by molar-refractivity contribution is 6.30. The molecular weight excluding hydrogens is 276 g/mol. The van der Waals surface area contributed by atoms with Crippen molar-refractivity contribution >= 4 is 23.2 Å². The molecule has 0 fully saturated rings. The van der Waals surface area contributed by atoms with Crippen molar-refractivity contribution in [3.8, 4) is 11.6 Å². The Labute approximate surface area is 114 Å². The topological polar surface area (TPSA) is 22.1 Å². The number of benzene rings is 1. The van der Waals surface area contributed by atoms with E-state index in [-0.39, 0.29) is 5.88 Å². The number of hydrogen-bond donors (Lipinski definition) is 0. The second kappa shape index (κ2) is 5.55. The summed E-state index contributed by atoms with van der Waals surface area (Å²) in [5.41, 5.74) is 1.38. The third-order valence-electron chi connectivity index (χ3n) is 2.38. The molecule has 18 heavy (non-hydrogen) atoms. The molecule has 0 atom stereocenters. The first-order valence-corrected chi connectivity index (χ1v) is 6.16. The molecule has 0 aliphatic heterocycles. The fraction of sp³-hybridized carbons (Fsp3) is 0.154. The zero-order chi connectivity index (χ0) is 13.1. The zero-order valence-corrected chi connectivity index (χ0v) is 11.1. The van der Waals surface area contributed by atoms with Crippen LogP contribution in [0.15, 0.2) is 30.5 Å². The fourth-order valence-corrected chi connectivity index (χ4v) is 1.91. The normalized spacial score (nSPS) is 10.4. The molecule has 1 heterocycles. The van der Waals surface area contributed by atoms with Gasteiger partial charge in [0.15, 0.2) is 0 Å². The lowest BCUT2D eigenvalue weighted by Gasteiger charge is -2.10. The minimum Gasteiger partial charge on any atom is -0.438 e. The summed E-state index contributed by atoms with van der Waals surface area (Å²) in [5.74, 6) is 0.611. The first-order valence-electron chi connectivity index (χ1n) is 5.24. The Balaban J connectivity index is 2.33. The second-order valence-electron chi connectivity index (χ2n) is 3.76. The third-order valence-corrected chi connectivity index (χ3v) is 2.90. The van der Waals surface area contributed by atoms with Gasteiger partial charge in [0.1, 0.15) is 11.6 Å². The van der Waals surface area contributed by atoms with Gasteiger partial charge in [-0.15, -0.1) is 11.6 Å². The molecule has 0 saturated heterocycles. The number of ether oxygens (including phenoxy) is 1. The number of aromatic nitrogens is 1.